The van der Waals surface area contributed by atoms with E-state index in [1.165, 1.54) is 12.1 Å². The molecule has 100 valence electrons. The number of hydrogen-bond acceptors (Lipinski definition) is 4. The molecule has 0 radical (unpaired) electrons. The van der Waals surface area contributed by atoms with Crippen molar-refractivity contribution in [3.05, 3.63) is 30.1 Å². The number of hydrogen-bond donors (Lipinski definition) is 2. The van der Waals surface area contributed by atoms with Gasteiger partial charge in [-0.3, -0.25) is 5.10 Å². The fourth-order valence-corrected chi connectivity index (χ4v) is 2.25. The summed E-state index contributed by atoms with van der Waals surface area (Å²) in [6, 6.07) is 6.66. The van der Waals surface area contributed by atoms with E-state index in [2.05, 4.69) is 32.3 Å². The minimum absolute atomic E-state index is 0.251. The van der Waals surface area contributed by atoms with Gasteiger partial charge in [0.25, 0.3) is 0 Å². The molecule has 1 aliphatic heterocycles. The molecular weight excluding hydrogens is 245 g/mol. The zero-order valence-electron chi connectivity index (χ0n) is 10.7. The Balaban J connectivity index is 1.81. The molecule has 1 aliphatic rings. The van der Waals surface area contributed by atoms with Crippen molar-refractivity contribution in [2.75, 3.05) is 24.5 Å². The highest BCUT2D eigenvalue weighted by molar-refractivity contribution is 5.56. The molecule has 1 fully saturated rings. The number of anilines is 1. The summed E-state index contributed by atoms with van der Waals surface area (Å²) in [6.07, 6.45) is 0. The zero-order chi connectivity index (χ0) is 13.2. The van der Waals surface area contributed by atoms with Gasteiger partial charge in [0.05, 0.1) is 0 Å². The second-order valence-electron chi connectivity index (χ2n) is 4.79. The van der Waals surface area contributed by atoms with Crippen molar-refractivity contribution in [3.63, 3.8) is 0 Å². The van der Waals surface area contributed by atoms with Gasteiger partial charge >= 0.3 is 0 Å². The fraction of sp³-hybridized carbons (Fsp3) is 0.385. The van der Waals surface area contributed by atoms with Crippen LogP contribution in [0.3, 0.4) is 0 Å². The van der Waals surface area contributed by atoms with Crippen LogP contribution in [0.15, 0.2) is 24.3 Å². The highest BCUT2D eigenvalue weighted by atomic mass is 19.1. The Bertz CT molecular complexity index is 550. The zero-order valence-corrected chi connectivity index (χ0v) is 10.7. The monoisotopic (exact) mass is 261 g/mol. The minimum atomic E-state index is -0.251. The van der Waals surface area contributed by atoms with Crippen LogP contribution >= 0.6 is 0 Å². The first kappa shape index (κ1) is 12.1. The van der Waals surface area contributed by atoms with E-state index in [0.717, 1.165) is 25.2 Å². The van der Waals surface area contributed by atoms with E-state index in [0.29, 0.717) is 17.8 Å². The van der Waals surface area contributed by atoms with E-state index in [4.69, 9.17) is 0 Å². The van der Waals surface area contributed by atoms with Crippen LogP contribution in [0.2, 0.25) is 0 Å². The van der Waals surface area contributed by atoms with Gasteiger partial charge in [-0.1, -0.05) is 0 Å². The number of benzene rings is 1. The number of piperazine rings is 1. The lowest BCUT2D eigenvalue weighted by Gasteiger charge is -2.30. The van der Waals surface area contributed by atoms with Crippen molar-refractivity contribution in [1.82, 2.24) is 20.5 Å². The smallest absolute Gasteiger partial charge is 0.245 e. The van der Waals surface area contributed by atoms with Crippen molar-refractivity contribution in [2.45, 2.75) is 13.0 Å². The number of halogens is 1. The largest absolute Gasteiger partial charge is 0.337 e. The van der Waals surface area contributed by atoms with Crippen LogP contribution in [0.5, 0.6) is 0 Å². The molecule has 6 heteroatoms. The normalized spacial score (nSPS) is 19.7. The third-order valence-electron chi connectivity index (χ3n) is 3.24. The number of H-pyrrole nitrogens is 1. The Morgan fingerprint density at radius 2 is 2.11 bits per heavy atom. The molecule has 5 nitrogen and oxygen atoms in total. The second-order valence-corrected chi connectivity index (χ2v) is 4.79. The van der Waals surface area contributed by atoms with Crippen LogP contribution in [0, 0.1) is 5.82 Å². The Morgan fingerprint density at radius 3 is 2.84 bits per heavy atom. The summed E-state index contributed by atoms with van der Waals surface area (Å²) >= 11 is 0. The van der Waals surface area contributed by atoms with Gasteiger partial charge in [-0.2, -0.15) is 4.98 Å². The summed E-state index contributed by atoms with van der Waals surface area (Å²) in [7, 11) is 0. The first-order valence-corrected chi connectivity index (χ1v) is 6.39. The highest BCUT2D eigenvalue weighted by Gasteiger charge is 2.19. The van der Waals surface area contributed by atoms with E-state index in [1.54, 1.807) is 12.1 Å². The van der Waals surface area contributed by atoms with Gasteiger partial charge in [-0.05, 0) is 31.2 Å². The number of nitrogens with one attached hydrogen (secondary N) is 2. The summed E-state index contributed by atoms with van der Waals surface area (Å²) in [5, 5.41) is 10.5. The third-order valence-corrected chi connectivity index (χ3v) is 3.24. The molecule has 1 atom stereocenters. The van der Waals surface area contributed by atoms with Gasteiger partial charge < -0.3 is 10.2 Å². The third kappa shape index (κ3) is 2.58. The average molecular weight is 261 g/mol. The van der Waals surface area contributed by atoms with Crippen LogP contribution in [-0.2, 0) is 0 Å². The van der Waals surface area contributed by atoms with Gasteiger partial charge in [0.15, 0.2) is 5.82 Å². The summed E-state index contributed by atoms with van der Waals surface area (Å²) < 4.78 is 12.9. The number of aromatic nitrogens is 3. The number of aromatic amines is 1. The summed E-state index contributed by atoms with van der Waals surface area (Å²) in [5.74, 6) is 1.12. The Hall–Kier alpha value is -1.95. The molecule has 0 spiro atoms. The van der Waals surface area contributed by atoms with Gasteiger partial charge in [-0.25, -0.2) is 4.39 Å². The lowest BCUT2D eigenvalue weighted by molar-refractivity contribution is 0.480. The van der Waals surface area contributed by atoms with Crippen molar-refractivity contribution >= 4 is 5.95 Å². The Kier molecular flexibility index (Phi) is 3.16. The summed E-state index contributed by atoms with van der Waals surface area (Å²) in [5.41, 5.74) is 0.836. The molecule has 1 saturated heterocycles. The standard InChI is InChI=1S/C13H16FN5/c1-9-8-19(7-6-15-9)13-16-12(17-18-13)10-2-4-11(14)5-3-10/h2-5,9,15H,6-8H2,1H3,(H,16,17,18)/t9-/m1/s1. The number of nitrogens with zero attached hydrogens (tertiary/aromatic N) is 3. The molecule has 0 unspecified atom stereocenters. The molecule has 3 rings (SSSR count). The first-order chi connectivity index (χ1) is 9.22. The van der Waals surface area contributed by atoms with Crippen molar-refractivity contribution in [1.29, 1.82) is 0 Å². The van der Waals surface area contributed by atoms with Crippen LogP contribution in [0.4, 0.5) is 10.3 Å². The molecule has 0 bridgehead atoms. The van der Waals surface area contributed by atoms with Crippen LogP contribution < -0.4 is 10.2 Å². The topological polar surface area (TPSA) is 56.8 Å². The van der Waals surface area contributed by atoms with E-state index < -0.39 is 0 Å². The Morgan fingerprint density at radius 1 is 1.32 bits per heavy atom. The van der Waals surface area contributed by atoms with E-state index in [-0.39, 0.29) is 5.82 Å². The molecular formula is C13H16FN5. The summed E-state index contributed by atoms with van der Waals surface area (Å²) in [6.45, 7) is 4.85. The van der Waals surface area contributed by atoms with Crippen LogP contribution in [0.1, 0.15) is 6.92 Å². The molecule has 2 aromatic rings. The molecule has 2 heterocycles. The molecule has 0 aliphatic carbocycles. The van der Waals surface area contributed by atoms with Gasteiger partial charge in [0.2, 0.25) is 5.95 Å². The maximum Gasteiger partial charge on any atom is 0.245 e. The quantitative estimate of drug-likeness (QED) is 0.858. The van der Waals surface area contributed by atoms with Crippen molar-refractivity contribution in [2.24, 2.45) is 0 Å². The maximum absolute atomic E-state index is 12.9. The predicted molar refractivity (Wildman–Crippen MR) is 71.5 cm³/mol. The van der Waals surface area contributed by atoms with Gasteiger partial charge in [0, 0.05) is 31.2 Å². The average Bonchev–Trinajstić information content (AvgIpc) is 2.89. The van der Waals surface area contributed by atoms with Crippen LogP contribution in [-0.4, -0.2) is 40.9 Å². The molecule has 1 aromatic carbocycles. The van der Waals surface area contributed by atoms with E-state index in [1.807, 2.05) is 0 Å². The number of rotatable bonds is 2. The Labute approximate surface area is 110 Å². The molecule has 0 saturated carbocycles. The van der Waals surface area contributed by atoms with Crippen LogP contribution in [0.25, 0.3) is 11.4 Å². The fourth-order valence-electron chi connectivity index (χ4n) is 2.25. The van der Waals surface area contributed by atoms with Crippen molar-refractivity contribution in [3.8, 4) is 11.4 Å². The van der Waals surface area contributed by atoms with Gasteiger partial charge in [-0.15, -0.1) is 5.10 Å². The highest BCUT2D eigenvalue weighted by Crippen LogP contribution is 2.18. The minimum Gasteiger partial charge on any atom is -0.337 e. The SMILES string of the molecule is C[C@@H]1CN(c2n[nH]c(-c3ccc(F)cc3)n2)CCN1. The summed E-state index contributed by atoms with van der Waals surface area (Å²) in [4.78, 5) is 6.62. The molecule has 19 heavy (non-hydrogen) atoms. The molecule has 1 aromatic heterocycles. The predicted octanol–water partition coefficient (Wildman–Crippen LogP) is 1.41. The van der Waals surface area contributed by atoms with Gasteiger partial charge in [0.1, 0.15) is 5.82 Å². The second kappa shape index (κ2) is 4.97. The molecule has 0 amide bonds. The lowest BCUT2D eigenvalue weighted by atomic mass is 10.2. The van der Waals surface area contributed by atoms with E-state index in [9.17, 15) is 4.39 Å². The molecule has 2 N–H and O–H groups in total. The maximum atomic E-state index is 12.9. The van der Waals surface area contributed by atoms with Crippen molar-refractivity contribution < 1.29 is 4.39 Å². The van der Waals surface area contributed by atoms with E-state index >= 15 is 0 Å². The lowest BCUT2D eigenvalue weighted by Crippen LogP contribution is -2.49. The first-order valence-electron chi connectivity index (χ1n) is 6.39.